The molecule has 4 rings (SSSR count). The second-order valence-electron chi connectivity index (χ2n) is 6.98. The predicted octanol–water partition coefficient (Wildman–Crippen LogP) is 2.25. The second kappa shape index (κ2) is 6.54. The molecule has 0 spiro atoms. The van der Waals surface area contributed by atoms with Crippen LogP contribution in [0.4, 0.5) is 0 Å². The van der Waals surface area contributed by atoms with Gasteiger partial charge in [-0.1, -0.05) is 36.4 Å². The minimum atomic E-state index is -0.0455. The maximum absolute atomic E-state index is 12.8. The first-order valence-electron chi connectivity index (χ1n) is 8.86. The number of ketones is 2. The van der Waals surface area contributed by atoms with Crippen molar-refractivity contribution in [3.63, 3.8) is 0 Å². The van der Waals surface area contributed by atoms with Gasteiger partial charge in [-0.25, -0.2) is 0 Å². The number of benzene rings is 2. The van der Waals surface area contributed by atoms with Crippen LogP contribution in [-0.4, -0.2) is 61.1 Å². The summed E-state index contributed by atoms with van der Waals surface area (Å²) in [4.78, 5) is 30.2. The molecule has 1 aliphatic heterocycles. The van der Waals surface area contributed by atoms with Crippen LogP contribution in [0.1, 0.15) is 37.4 Å². The lowest BCUT2D eigenvalue weighted by atomic mass is 9.83. The Hall–Kier alpha value is -2.30. The van der Waals surface area contributed by atoms with Crippen molar-refractivity contribution in [3.8, 4) is 0 Å². The minimum absolute atomic E-state index is 0.0355. The molecule has 1 heterocycles. The molecule has 128 valence electrons. The fourth-order valence-electron chi connectivity index (χ4n) is 3.66. The molecule has 2 aliphatic rings. The third kappa shape index (κ3) is 3.03. The van der Waals surface area contributed by atoms with Gasteiger partial charge in [0.15, 0.2) is 11.6 Å². The van der Waals surface area contributed by atoms with Crippen LogP contribution < -0.4 is 0 Å². The third-order valence-electron chi connectivity index (χ3n) is 5.30. The summed E-state index contributed by atoms with van der Waals surface area (Å²) >= 11 is 0. The van der Waals surface area contributed by atoms with Crippen LogP contribution >= 0.6 is 0 Å². The van der Waals surface area contributed by atoms with E-state index in [1.807, 2.05) is 24.3 Å². The monoisotopic (exact) mass is 334 g/mol. The second-order valence-corrected chi connectivity index (χ2v) is 6.98. The Morgan fingerprint density at radius 1 is 0.800 bits per heavy atom. The van der Waals surface area contributed by atoms with Gasteiger partial charge in [0, 0.05) is 55.0 Å². The molecule has 4 nitrogen and oxygen atoms in total. The van der Waals surface area contributed by atoms with Gasteiger partial charge >= 0.3 is 0 Å². The highest BCUT2D eigenvalue weighted by Crippen LogP contribution is 2.28. The van der Waals surface area contributed by atoms with Crippen LogP contribution in [0, 0.1) is 0 Å². The summed E-state index contributed by atoms with van der Waals surface area (Å²) in [6, 6.07) is 12.8. The molecule has 0 unspecified atom stereocenters. The molecule has 25 heavy (non-hydrogen) atoms. The van der Waals surface area contributed by atoms with Gasteiger partial charge in [0.1, 0.15) is 0 Å². The van der Waals surface area contributed by atoms with E-state index in [1.165, 1.54) is 0 Å². The van der Waals surface area contributed by atoms with Gasteiger partial charge in [0.05, 0.1) is 0 Å². The Bertz CT molecular complexity index is 836. The smallest absolute Gasteiger partial charge is 0.194 e. The molecule has 2 aromatic rings. The van der Waals surface area contributed by atoms with E-state index in [0.717, 1.165) is 44.7 Å². The van der Waals surface area contributed by atoms with Gasteiger partial charge < -0.3 is 9.80 Å². The number of hydrogen-bond acceptors (Lipinski definition) is 4. The normalized spacial score (nSPS) is 18.1. The van der Waals surface area contributed by atoms with Crippen LogP contribution in [-0.2, 0) is 6.42 Å². The topological polar surface area (TPSA) is 40.6 Å². The molecule has 0 bridgehead atoms. The lowest BCUT2D eigenvalue weighted by molar-refractivity contribution is 0.0979. The average Bonchev–Trinajstić information content (AvgIpc) is 2.65. The molecule has 0 N–H and O–H groups in total. The highest BCUT2D eigenvalue weighted by molar-refractivity contribution is 6.28. The summed E-state index contributed by atoms with van der Waals surface area (Å²) < 4.78 is 0. The highest BCUT2D eigenvalue weighted by atomic mass is 16.1. The molecule has 0 aromatic heterocycles. The zero-order valence-electron chi connectivity index (χ0n) is 14.5. The van der Waals surface area contributed by atoms with Gasteiger partial charge in [-0.3, -0.25) is 9.59 Å². The Labute approximate surface area is 148 Å². The first kappa shape index (κ1) is 16.2. The Balaban J connectivity index is 1.54. The van der Waals surface area contributed by atoms with E-state index in [1.54, 1.807) is 18.2 Å². The number of carbonyl (C=O) groups excluding carboxylic acids is 2. The molecule has 1 saturated heterocycles. The van der Waals surface area contributed by atoms with Gasteiger partial charge in [0.25, 0.3) is 0 Å². The number of piperazine rings is 1. The molecule has 0 atom stereocenters. The van der Waals surface area contributed by atoms with Crippen molar-refractivity contribution in [1.29, 1.82) is 0 Å². The van der Waals surface area contributed by atoms with E-state index >= 15 is 0 Å². The Kier molecular flexibility index (Phi) is 4.24. The van der Waals surface area contributed by atoms with Crippen LogP contribution in [0.2, 0.25) is 0 Å². The zero-order valence-corrected chi connectivity index (χ0v) is 14.5. The average molecular weight is 334 g/mol. The van der Waals surface area contributed by atoms with Crippen LogP contribution in [0.5, 0.6) is 0 Å². The molecule has 1 fully saturated rings. The molecule has 0 radical (unpaired) electrons. The van der Waals surface area contributed by atoms with Crippen molar-refractivity contribution in [2.24, 2.45) is 0 Å². The fourth-order valence-corrected chi connectivity index (χ4v) is 3.66. The Morgan fingerprint density at radius 2 is 1.40 bits per heavy atom. The van der Waals surface area contributed by atoms with Crippen molar-refractivity contribution in [3.05, 3.63) is 70.3 Å². The van der Waals surface area contributed by atoms with Gasteiger partial charge in [0.2, 0.25) is 0 Å². The quantitative estimate of drug-likeness (QED) is 0.737. The van der Waals surface area contributed by atoms with Crippen molar-refractivity contribution in [2.45, 2.75) is 6.42 Å². The standard InChI is InChI=1S/C21H22N2O2/c1-22-10-12-23(13-11-22)9-8-15-6-7-18-19(14-15)21(25)17-5-3-2-4-16(17)20(18)24/h2-7,14H,8-13H2,1H3. The number of rotatable bonds is 3. The number of nitrogens with zero attached hydrogens (tertiary/aromatic N) is 2. The number of fused-ring (bicyclic) bond motifs is 2. The van der Waals surface area contributed by atoms with Crippen molar-refractivity contribution < 1.29 is 9.59 Å². The lowest BCUT2D eigenvalue weighted by Crippen LogP contribution is -2.45. The molecule has 4 heteroatoms. The van der Waals surface area contributed by atoms with Crippen LogP contribution in [0.3, 0.4) is 0 Å². The maximum Gasteiger partial charge on any atom is 0.194 e. The highest BCUT2D eigenvalue weighted by Gasteiger charge is 2.29. The lowest BCUT2D eigenvalue weighted by Gasteiger charge is -2.32. The van der Waals surface area contributed by atoms with Gasteiger partial charge in [-0.2, -0.15) is 0 Å². The molecule has 2 aromatic carbocycles. The minimum Gasteiger partial charge on any atom is -0.304 e. The maximum atomic E-state index is 12.8. The number of carbonyl (C=O) groups is 2. The van der Waals surface area contributed by atoms with E-state index in [2.05, 4.69) is 16.8 Å². The SMILES string of the molecule is CN1CCN(CCc2ccc3c(c2)C(=O)c2ccccc2C3=O)CC1. The van der Waals surface area contributed by atoms with E-state index in [9.17, 15) is 9.59 Å². The number of likely N-dealkylation sites (N-methyl/N-ethyl adjacent to an activating group) is 1. The first-order chi connectivity index (χ1) is 12.1. The molecule has 0 saturated carbocycles. The summed E-state index contributed by atoms with van der Waals surface area (Å²) in [7, 11) is 2.15. The molecular weight excluding hydrogens is 312 g/mol. The summed E-state index contributed by atoms with van der Waals surface area (Å²) in [5.74, 6) is -0.0811. The van der Waals surface area contributed by atoms with Crippen LogP contribution in [0.25, 0.3) is 0 Å². The molecule has 0 amide bonds. The summed E-state index contributed by atoms with van der Waals surface area (Å²) in [5.41, 5.74) is 3.26. The Morgan fingerprint density at radius 3 is 2.08 bits per heavy atom. The van der Waals surface area contributed by atoms with E-state index in [-0.39, 0.29) is 11.6 Å². The molecule has 1 aliphatic carbocycles. The third-order valence-corrected chi connectivity index (χ3v) is 5.30. The van der Waals surface area contributed by atoms with Crippen molar-refractivity contribution in [2.75, 3.05) is 39.8 Å². The van der Waals surface area contributed by atoms with E-state index < -0.39 is 0 Å². The van der Waals surface area contributed by atoms with Crippen molar-refractivity contribution in [1.82, 2.24) is 9.80 Å². The fraction of sp³-hybridized carbons (Fsp3) is 0.333. The molecular formula is C21H22N2O2. The van der Waals surface area contributed by atoms with E-state index in [0.29, 0.717) is 22.3 Å². The first-order valence-corrected chi connectivity index (χ1v) is 8.86. The summed E-state index contributed by atoms with van der Waals surface area (Å²) in [6.45, 7) is 5.38. The van der Waals surface area contributed by atoms with Crippen LogP contribution in [0.15, 0.2) is 42.5 Å². The summed E-state index contributed by atoms with van der Waals surface area (Å²) in [6.07, 6.45) is 0.903. The largest absolute Gasteiger partial charge is 0.304 e. The predicted molar refractivity (Wildman–Crippen MR) is 97.4 cm³/mol. The van der Waals surface area contributed by atoms with Crippen molar-refractivity contribution >= 4 is 11.6 Å². The van der Waals surface area contributed by atoms with Gasteiger partial charge in [-0.05, 0) is 25.1 Å². The van der Waals surface area contributed by atoms with Gasteiger partial charge in [-0.15, -0.1) is 0 Å². The zero-order chi connectivity index (χ0) is 17.4. The van der Waals surface area contributed by atoms with E-state index in [4.69, 9.17) is 0 Å². The number of hydrogen-bond donors (Lipinski definition) is 0. The summed E-state index contributed by atoms with van der Waals surface area (Å²) in [5, 5.41) is 0.